The molecule has 4 nitrogen and oxygen atoms in total. The molecule has 0 aliphatic heterocycles. The van der Waals surface area contributed by atoms with E-state index < -0.39 is 0 Å². The summed E-state index contributed by atoms with van der Waals surface area (Å²) in [4.78, 5) is 33.2. The molecule has 6 heteroatoms. The SMILES string of the molecule is C=CCn1c(SCC(=O)c2ccc(Cc3ccccc3)cc2)nc2sc3c(c2c1=O)CCCC3. The van der Waals surface area contributed by atoms with Crippen LogP contribution in [-0.4, -0.2) is 21.1 Å². The Hall–Kier alpha value is -2.96. The molecule has 0 saturated carbocycles. The Morgan fingerprint density at radius 1 is 1.06 bits per heavy atom. The lowest BCUT2D eigenvalue weighted by molar-refractivity contribution is 0.102. The van der Waals surface area contributed by atoms with E-state index in [0.717, 1.165) is 35.9 Å². The van der Waals surface area contributed by atoms with Crippen molar-refractivity contribution >= 4 is 39.1 Å². The lowest BCUT2D eigenvalue weighted by Crippen LogP contribution is -2.23. The fraction of sp³-hybridized carbons (Fsp3) is 0.250. The first-order valence-electron chi connectivity index (χ1n) is 11.6. The highest BCUT2D eigenvalue weighted by molar-refractivity contribution is 7.99. The molecule has 2 aromatic heterocycles. The molecule has 1 aliphatic carbocycles. The van der Waals surface area contributed by atoms with Gasteiger partial charge in [0, 0.05) is 17.0 Å². The smallest absolute Gasteiger partial charge is 0.263 e. The number of thioether (sulfide) groups is 1. The van der Waals surface area contributed by atoms with Crippen molar-refractivity contribution in [2.75, 3.05) is 5.75 Å². The highest BCUT2D eigenvalue weighted by atomic mass is 32.2. The summed E-state index contributed by atoms with van der Waals surface area (Å²) in [6.07, 6.45) is 6.82. The lowest BCUT2D eigenvalue weighted by atomic mass is 9.97. The highest BCUT2D eigenvalue weighted by Gasteiger charge is 2.22. The molecule has 1 aliphatic rings. The van der Waals surface area contributed by atoms with Gasteiger partial charge in [-0.2, -0.15) is 0 Å². The van der Waals surface area contributed by atoms with Gasteiger partial charge in [0.25, 0.3) is 5.56 Å². The van der Waals surface area contributed by atoms with Crippen LogP contribution in [-0.2, 0) is 25.8 Å². The number of benzene rings is 2. The van der Waals surface area contributed by atoms with E-state index in [0.29, 0.717) is 17.3 Å². The Labute approximate surface area is 207 Å². The van der Waals surface area contributed by atoms with Gasteiger partial charge < -0.3 is 0 Å². The molecule has 0 N–H and O–H groups in total. The topological polar surface area (TPSA) is 52.0 Å². The zero-order chi connectivity index (χ0) is 23.5. The first kappa shape index (κ1) is 22.8. The van der Waals surface area contributed by atoms with Crippen LogP contribution in [0.3, 0.4) is 0 Å². The van der Waals surface area contributed by atoms with Crippen LogP contribution in [0.4, 0.5) is 0 Å². The van der Waals surface area contributed by atoms with Gasteiger partial charge in [-0.1, -0.05) is 72.4 Å². The van der Waals surface area contributed by atoms with E-state index in [9.17, 15) is 9.59 Å². The average molecular weight is 487 g/mol. The number of thiophene rings is 1. The Balaban J connectivity index is 1.35. The summed E-state index contributed by atoms with van der Waals surface area (Å²) in [5.74, 6) is 0.263. The first-order valence-corrected chi connectivity index (χ1v) is 13.4. The molecule has 0 fully saturated rings. The standard InChI is InChI=1S/C28H26N2O2S2/c1-2-16-30-27(32)25-22-10-6-7-11-24(22)34-26(25)29-28(30)33-18-23(31)21-14-12-20(13-15-21)17-19-8-4-3-5-9-19/h2-5,8-9,12-15H,1,6-7,10-11,16-18H2. The molecule has 5 rings (SSSR count). The number of hydrogen-bond acceptors (Lipinski definition) is 5. The van der Waals surface area contributed by atoms with Crippen LogP contribution in [0, 0.1) is 0 Å². The maximum Gasteiger partial charge on any atom is 0.263 e. The second kappa shape index (κ2) is 10.1. The molecular weight excluding hydrogens is 460 g/mol. The Morgan fingerprint density at radius 2 is 1.79 bits per heavy atom. The van der Waals surface area contributed by atoms with Crippen molar-refractivity contribution in [1.29, 1.82) is 0 Å². The monoisotopic (exact) mass is 486 g/mol. The zero-order valence-corrected chi connectivity index (χ0v) is 20.6. The number of fused-ring (bicyclic) bond motifs is 3. The van der Waals surface area contributed by atoms with Gasteiger partial charge in [-0.3, -0.25) is 14.2 Å². The molecule has 0 bridgehead atoms. The molecule has 0 unspecified atom stereocenters. The highest BCUT2D eigenvalue weighted by Crippen LogP contribution is 2.34. The van der Waals surface area contributed by atoms with Gasteiger partial charge in [-0.15, -0.1) is 17.9 Å². The molecule has 4 aromatic rings. The third-order valence-electron chi connectivity index (χ3n) is 6.21. The zero-order valence-electron chi connectivity index (χ0n) is 19.0. The summed E-state index contributed by atoms with van der Waals surface area (Å²) in [7, 11) is 0. The minimum atomic E-state index is -0.00971. The van der Waals surface area contributed by atoms with Gasteiger partial charge >= 0.3 is 0 Å². The van der Waals surface area contributed by atoms with E-state index in [-0.39, 0.29) is 17.1 Å². The molecular formula is C28H26N2O2S2. The number of allylic oxidation sites excluding steroid dienone is 1. The van der Waals surface area contributed by atoms with Crippen LogP contribution < -0.4 is 5.56 Å². The molecule has 172 valence electrons. The lowest BCUT2D eigenvalue weighted by Gasteiger charge is -2.12. The van der Waals surface area contributed by atoms with Gasteiger partial charge in [0.15, 0.2) is 10.9 Å². The van der Waals surface area contributed by atoms with Crippen LogP contribution >= 0.6 is 23.1 Å². The van der Waals surface area contributed by atoms with Crippen molar-refractivity contribution in [3.8, 4) is 0 Å². The van der Waals surface area contributed by atoms with Crippen molar-refractivity contribution in [3.05, 3.63) is 105 Å². The molecule has 0 saturated heterocycles. The Bertz CT molecular complexity index is 1400. The number of aromatic nitrogens is 2. The van der Waals surface area contributed by atoms with E-state index in [2.05, 4.69) is 18.7 Å². The third kappa shape index (κ3) is 4.65. The number of aryl methyl sites for hydroxylation is 2. The van der Waals surface area contributed by atoms with Gasteiger partial charge in [0.2, 0.25) is 0 Å². The first-order chi connectivity index (χ1) is 16.6. The third-order valence-corrected chi connectivity index (χ3v) is 8.37. The summed E-state index contributed by atoms with van der Waals surface area (Å²) in [6.45, 7) is 4.20. The van der Waals surface area contributed by atoms with Crippen molar-refractivity contribution in [1.82, 2.24) is 9.55 Å². The Kier molecular flexibility index (Phi) is 6.79. The summed E-state index contributed by atoms with van der Waals surface area (Å²) in [5, 5.41) is 1.36. The summed E-state index contributed by atoms with van der Waals surface area (Å²) < 4.78 is 1.66. The van der Waals surface area contributed by atoms with Crippen molar-refractivity contribution in [2.24, 2.45) is 0 Å². The summed E-state index contributed by atoms with van der Waals surface area (Å²) in [6, 6.07) is 18.1. The second-order valence-electron chi connectivity index (χ2n) is 8.56. The molecule has 2 heterocycles. The van der Waals surface area contributed by atoms with Crippen molar-refractivity contribution in [3.63, 3.8) is 0 Å². The maximum atomic E-state index is 13.4. The number of Topliss-reactive ketones (excluding diaryl/α,β-unsaturated/α-hetero) is 1. The molecule has 2 aromatic carbocycles. The minimum absolute atomic E-state index is 0.00971. The number of rotatable bonds is 8. The maximum absolute atomic E-state index is 13.4. The van der Waals surface area contributed by atoms with Crippen LogP contribution in [0.5, 0.6) is 0 Å². The average Bonchev–Trinajstić information content (AvgIpc) is 3.24. The van der Waals surface area contributed by atoms with E-state index in [1.165, 1.54) is 39.8 Å². The Morgan fingerprint density at radius 3 is 2.56 bits per heavy atom. The van der Waals surface area contributed by atoms with Crippen molar-refractivity contribution in [2.45, 2.75) is 43.8 Å². The number of carbonyl (C=O) groups is 1. The van der Waals surface area contributed by atoms with Crippen molar-refractivity contribution < 1.29 is 4.79 Å². The van der Waals surface area contributed by atoms with E-state index in [4.69, 9.17) is 4.98 Å². The van der Waals surface area contributed by atoms with Crippen LogP contribution in [0.1, 0.15) is 44.8 Å². The number of carbonyl (C=O) groups excluding carboxylic acids is 1. The second-order valence-corrected chi connectivity index (χ2v) is 10.6. The quantitative estimate of drug-likeness (QED) is 0.131. The predicted molar refractivity (Wildman–Crippen MR) is 141 cm³/mol. The van der Waals surface area contributed by atoms with Gasteiger partial charge in [-0.05, 0) is 48.8 Å². The van der Waals surface area contributed by atoms with E-state index in [1.807, 2.05) is 42.5 Å². The van der Waals surface area contributed by atoms with Gasteiger partial charge in [0.05, 0.1) is 11.1 Å². The summed E-state index contributed by atoms with van der Waals surface area (Å²) >= 11 is 2.97. The van der Waals surface area contributed by atoms with Crippen LogP contribution in [0.25, 0.3) is 10.2 Å². The minimum Gasteiger partial charge on any atom is -0.293 e. The molecule has 0 amide bonds. The van der Waals surface area contributed by atoms with Crippen LogP contribution in [0.15, 0.2) is 77.2 Å². The summed E-state index contributed by atoms with van der Waals surface area (Å²) in [5.41, 5.74) is 4.27. The van der Waals surface area contributed by atoms with E-state index in [1.54, 1.807) is 22.0 Å². The fourth-order valence-electron chi connectivity index (χ4n) is 4.47. The molecule has 34 heavy (non-hydrogen) atoms. The fourth-order valence-corrected chi connectivity index (χ4v) is 6.68. The predicted octanol–water partition coefficient (Wildman–Crippen LogP) is 6.09. The molecule has 0 spiro atoms. The number of hydrogen-bond donors (Lipinski definition) is 0. The van der Waals surface area contributed by atoms with Crippen LogP contribution in [0.2, 0.25) is 0 Å². The van der Waals surface area contributed by atoms with Gasteiger partial charge in [0.1, 0.15) is 4.83 Å². The normalized spacial score (nSPS) is 13.1. The number of ketones is 1. The molecule has 0 radical (unpaired) electrons. The van der Waals surface area contributed by atoms with E-state index >= 15 is 0 Å². The largest absolute Gasteiger partial charge is 0.293 e. The molecule has 0 atom stereocenters. The number of nitrogens with zero attached hydrogens (tertiary/aromatic N) is 2. The van der Waals surface area contributed by atoms with Gasteiger partial charge in [-0.25, -0.2) is 4.98 Å².